The Balaban J connectivity index is 1.82. The number of hydrogen-bond donors (Lipinski definition) is 0. The second-order valence-corrected chi connectivity index (χ2v) is 5.21. The van der Waals surface area contributed by atoms with Crippen molar-refractivity contribution in [2.75, 3.05) is 19.6 Å². The highest BCUT2D eigenvalue weighted by atomic mass is 16.5. The van der Waals surface area contributed by atoms with Crippen molar-refractivity contribution in [1.82, 2.24) is 9.88 Å². The minimum absolute atomic E-state index is 0.0327. The van der Waals surface area contributed by atoms with Gasteiger partial charge in [-0.25, -0.2) is 0 Å². The molecule has 0 amide bonds. The van der Waals surface area contributed by atoms with E-state index in [-0.39, 0.29) is 29.8 Å². The molecule has 2 bridgehead atoms. The summed E-state index contributed by atoms with van der Waals surface area (Å²) in [4.78, 5) is 6.66. The second kappa shape index (κ2) is 2.98. The number of hydrogen-bond acceptors (Lipinski definition) is 3. The Morgan fingerprint density at radius 2 is 2.56 bits per heavy atom. The zero-order valence-corrected chi connectivity index (χ0v) is 9.12. The van der Waals surface area contributed by atoms with E-state index >= 15 is 0 Å². The molecule has 3 aliphatic rings. The number of fused-ring (bicyclic) bond motifs is 2. The predicted molar refractivity (Wildman–Crippen MR) is 60.5 cm³/mol. The molecule has 0 aromatic carbocycles. The Labute approximate surface area is 99.6 Å². The maximum absolute atomic E-state index is 7.97. The van der Waals surface area contributed by atoms with Gasteiger partial charge in [0.25, 0.3) is 0 Å². The van der Waals surface area contributed by atoms with Crippen molar-refractivity contribution in [3.8, 4) is 5.75 Å². The molecule has 1 unspecified atom stereocenters. The van der Waals surface area contributed by atoms with Gasteiger partial charge in [-0.1, -0.05) is 0 Å². The molecule has 4 heterocycles. The van der Waals surface area contributed by atoms with Gasteiger partial charge in [0, 0.05) is 31.1 Å². The van der Waals surface area contributed by atoms with Gasteiger partial charge in [0.15, 0.2) is 0 Å². The van der Waals surface area contributed by atoms with Crippen LogP contribution in [0.25, 0.3) is 0 Å². The van der Waals surface area contributed by atoms with Gasteiger partial charge in [-0.15, -0.1) is 0 Å². The number of aromatic nitrogens is 1. The van der Waals surface area contributed by atoms with Crippen LogP contribution < -0.4 is 4.74 Å². The van der Waals surface area contributed by atoms with Crippen LogP contribution in [0.3, 0.4) is 0 Å². The number of pyridine rings is 1. The maximum Gasteiger partial charge on any atom is 0.141 e. The Morgan fingerprint density at radius 3 is 3.56 bits per heavy atom. The van der Waals surface area contributed by atoms with E-state index in [1.54, 1.807) is 0 Å². The van der Waals surface area contributed by atoms with Crippen molar-refractivity contribution in [3.05, 3.63) is 24.0 Å². The first-order valence-corrected chi connectivity index (χ1v) is 5.95. The average Bonchev–Trinajstić information content (AvgIpc) is 2.71. The van der Waals surface area contributed by atoms with Gasteiger partial charge >= 0.3 is 0 Å². The van der Waals surface area contributed by atoms with E-state index in [1.807, 2.05) is 0 Å². The minimum Gasteiger partial charge on any atom is -0.488 e. The Morgan fingerprint density at radius 1 is 1.56 bits per heavy atom. The van der Waals surface area contributed by atoms with Crippen LogP contribution in [0.2, 0.25) is 0 Å². The molecule has 3 atom stereocenters. The molecule has 16 heavy (non-hydrogen) atoms. The Kier molecular flexibility index (Phi) is 1.23. The SMILES string of the molecule is [2H]c1nc2c(c([2H])c1[2H])O[C@H]1CCN3CC[C@@]1(C2)C3. The summed E-state index contributed by atoms with van der Waals surface area (Å²) in [5.74, 6) is 0.456. The fraction of sp³-hybridized carbons (Fsp3) is 0.615. The molecular formula is C13H16N2O. The van der Waals surface area contributed by atoms with Crippen LogP contribution in [-0.4, -0.2) is 35.6 Å². The molecular weight excluding hydrogens is 200 g/mol. The van der Waals surface area contributed by atoms with Crippen molar-refractivity contribution >= 4 is 0 Å². The molecule has 1 aromatic heterocycles. The van der Waals surface area contributed by atoms with Crippen molar-refractivity contribution in [3.63, 3.8) is 0 Å². The topological polar surface area (TPSA) is 25.4 Å². The van der Waals surface area contributed by atoms with Gasteiger partial charge in [0.2, 0.25) is 0 Å². The standard InChI is InChI=1S/C13H16N2O/c1-2-11-10(14-5-1)8-13-4-7-15(9-13)6-3-12(13)16-11/h1-2,5,12H,3-4,6-9H2/t12-,13+/m0/s1/i1D,2D,5D. The molecule has 0 radical (unpaired) electrons. The maximum atomic E-state index is 7.97. The first-order valence-electron chi connectivity index (χ1n) is 7.45. The average molecular weight is 219 g/mol. The van der Waals surface area contributed by atoms with E-state index in [9.17, 15) is 0 Å². The van der Waals surface area contributed by atoms with E-state index in [0.29, 0.717) is 11.4 Å². The lowest BCUT2D eigenvalue weighted by atomic mass is 9.73. The number of ether oxygens (including phenoxy) is 1. The molecule has 0 saturated carbocycles. The van der Waals surface area contributed by atoms with Crippen molar-refractivity contribution in [1.29, 1.82) is 0 Å². The summed E-state index contributed by atoms with van der Waals surface area (Å²) in [6.07, 6.45) is 2.95. The van der Waals surface area contributed by atoms with E-state index in [4.69, 9.17) is 8.85 Å². The lowest BCUT2D eigenvalue weighted by Crippen LogP contribution is -2.50. The van der Waals surface area contributed by atoms with Crippen molar-refractivity contribution < 1.29 is 8.85 Å². The molecule has 1 aromatic rings. The fourth-order valence-electron chi connectivity index (χ4n) is 3.48. The number of rotatable bonds is 0. The highest BCUT2D eigenvalue weighted by Crippen LogP contribution is 2.47. The predicted octanol–water partition coefficient (Wildman–Crippen LogP) is 1.48. The summed E-state index contributed by atoms with van der Waals surface area (Å²) >= 11 is 0. The van der Waals surface area contributed by atoms with Crippen LogP contribution in [0, 0.1) is 5.41 Å². The second-order valence-electron chi connectivity index (χ2n) is 5.21. The van der Waals surface area contributed by atoms with Crippen molar-refractivity contribution in [2.45, 2.75) is 25.4 Å². The lowest BCUT2D eigenvalue weighted by molar-refractivity contribution is -0.00192. The highest BCUT2D eigenvalue weighted by molar-refractivity contribution is 5.32. The quantitative estimate of drug-likeness (QED) is 0.661. The molecule has 4 rings (SSSR count). The summed E-state index contributed by atoms with van der Waals surface area (Å²) < 4.78 is 29.4. The number of piperidine rings is 1. The molecule has 2 fully saturated rings. The van der Waals surface area contributed by atoms with E-state index in [1.165, 1.54) is 0 Å². The largest absolute Gasteiger partial charge is 0.488 e. The van der Waals surface area contributed by atoms with Crippen LogP contribution in [0.4, 0.5) is 0 Å². The Bertz CT molecular complexity index is 565. The van der Waals surface area contributed by atoms with Crippen LogP contribution in [0.15, 0.2) is 18.3 Å². The van der Waals surface area contributed by atoms with E-state index in [0.717, 1.165) is 38.9 Å². The normalized spacial score (nSPS) is 42.4. The third-order valence-corrected chi connectivity index (χ3v) is 4.32. The van der Waals surface area contributed by atoms with Gasteiger partial charge in [-0.2, -0.15) is 0 Å². The van der Waals surface area contributed by atoms with Gasteiger partial charge in [0.1, 0.15) is 11.9 Å². The first-order chi connectivity index (χ1) is 9.09. The van der Waals surface area contributed by atoms with Gasteiger partial charge in [0.05, 0.1) is 9.81 Å². The zero-order valence-electron chi connectivity index (χ0n) is 12.1. The van der Waals surface area contributed by atoms with E-state index < -0.39 is 0 Å². The van der Waals surface area contributed by atoms with Crippen LogP contribution in [0.5, 0.6) is 5.75 Å². The molecule has 3 aliphatic heterocycles. The third-order valence-electron chi connectivity index (χ3n) is 4.32. The first kappa shape index (κ1) is 6.60. The molecule has 3 nitrogen and oxygen atoms in total. The third kappa shape index (κ3) is 1.09. The molecule has 0 aliphatic carbocycles. The van der Waals surface area contributed by atoms with E-state index in [2.05, 4.69) is 9.88 Å². The fourth-order valence-corrected chi connectivity index (χ4v) is 3.48. The highest BCUT2D eigenvalue weighted by Gasteiger charge is 2.51. The van der Waals surface area contributed by atoms with Crippen molar-refractivity contribution in [2.24, 2.45) is 5.41 Å². The summed E-state index contributed by atoms with van der Waals surface area (Å²) in [6.45, 7) is 3.22. The monoisotopic (exact) mass is 219 g/mol. The van der Waals surface area contributed by atoms with Gasteiger partial charge < -0.3 is 9.64 Å². The van der Waals surface area contributed by atoms with Crippen LogP contribution >= 0.6 is 0 Å². The van der Waals surface area contributed by atoms with Crippen LogP contribution in [0.1, 0.15) is 22.6 Å². The Hall–Kier alpha value is -1.09. The van der Waals surface area contributed by atoms with Crippen LogP contribution in [-0.2, 0) is 6.42 Å². The molecule has 1 spiro atoms. The lowest BCUT2D eigenvalue weighted by Gasteiger charge is -2.44. The summed E-state index contributed by atoms with van der Waals surface area (Å²) in [5, 5.41) is 0. The van der Waals surface area contributed by atoms with Gasteiger partial charge in [-0.05, 0) is 31.5 Å². The van der Waals surface area contributed by atoms with Gasteiger partial charge in [-0.3, -0.25) is 4.98 Å². The summed E-state index contributed by atoms with van der Waals surface area (Å²) in [5.41, 5.74) is 0.840. The molecule has 3 heteroatoms. The smallest absolute Gasteiger partial charge is 0.141 e. The number of nitrogens with zero attached hydrogens (tertiary/aromatic N) is 2. The zero-order chi connectivity index (χ0) is 13.2. The minimum atomic E-state index is -0.126. The molecule has 2 saturated heterocycles. The summed E-state index contributed by atoms with van der Waals surface area (Å²) in [6, 6.07) is -0.0937. The summed E-state index contributed by atoms with van der Waals surface area (Å²) in [7, 11) is 0. The molecule has 84 valence electrons. The molecule has 0 N–H and O–H groups in total.